The highest BCUT2D eigenvalue weighted by atomic mass is 16.5. The van der Waals surface area contributed by atoms with E-state index < -0.39 is 0 Å². The number of ether oxygens (including phenoxy) is 1. The van der Waals surface area contributed by atoms with Gasteiger partial charge in [-0.25, -0.2) is 0 Å². The van der Waals surface area contributed by atoms with Gasteiger partial charge < -0.3 is 4.74 Å². The van der Waals surface area contributed by atoms with Crippen molar-refractivity contribution in [2.75, 3.05) is 13.2 Å². The highest BCUT2D eigenvalue weighted by Gasteiger charge is 2.26. The number of benzene rings is 1. The Morgan fingerprint density at radius 3 is 2.62 bits per heavy atom. The Morgan fingerprint density at radius 2 is 1.76 bits per heavy atom. The van der Waals surface area contributed by atoms with Crippen molar-refractivity contribution in [1.82, 2.24) is 0 Å². The van der Waals surface area contributed by atoms with Crippen LogP contribution in [-0.2, 0) is 4.74 Å². The van der Waals surface area contributed by atoms with Gasteiger partial charge in [0, 0.05) is 6.61 Å². The first-order valence-corrected chi connectivity index (χ1v) is 8.25. The SMILES string of the molecule is CC1COCC2=CCCC=C2c2ccccc2C(C)C1C. The maximum Gasteiger partial charge on any atom is 0.0719 e. The molecule has 1 aliphatic heterocycles. The molecule has 3 rings (SSSR count). The molecule has 1 aromatic rings. The van der Waals surface area contributed by atoms with Crippen LogP contribution in [0.3, 0.4) is 0 Å². The van der Waals surface area contributed by atoms with Crippen LogP contribution in [0.1, 0.15) is 50.7 Å². The van der Waals surface area contributed by atoms with E-state index in [4.69, 9.17) is 4.74 Å². The van der Waals surface area contributed by atoms with Gasteiger partial charge >= 0.3 is 0 Å². The molecule has 3 unspecified atom stereocenters. The summed E-state index contributed by atoms with van der Waals surface area (Å²) >= 11 is 0. The quantitative estimate of drug-likeness (QED) is 0.636. The molecule has 112 valence electrons. The molecule has 0 fully saturated rings. The number of rotatable bonds is 0. The lowest BCUT2D eigenvalue weighted by Gasteiger charge is -2.31. The fraction of sp³-hybridized carbons (Fsp3) is 0.500. The van der Waals surface area contributed by atoms with Gasteiger partial charge in [-0.05, 0) is 52.9 Å². The lowest BCUT2D eigenvalue weighted by atomic mass is 9.77. The number of hydrogen-bond acceptors (Lipinski definition) is 1. The standard InChI is InChI=1S/C20H26O/c1-14-12-21-13-17-8-4-5-10-19(17)20-11-7-6-9-18(20)16(3)15(14)2/h6-11,14-16H,4-5,12-13H2,1-3H3. The number of hydrogen-bond donors (Lipinski definition) is 0. The summed E-state index contributed by atoms with van der Waals surface area (Å²) in [5.74, 6) is 1.77. The van der Waals surface area contributed by atoms with Crippen LogP contribution in [0.5, 0.6) is 0 Å². The maximum absolute atomic E-state index is 6.02. The smallest absolute Gasteiger partial charge is 0.0719 e. The molecule has 0 saturated carbocycles. The zero-order valence-electron chi connectivity index (χ0n) is 13.4. The first-order valence-electron chi connectivity index (χ1n) is 8.25. The fourth-order valence-corrected chi connectivity index (χ4v) is 3.57. The molecule has 0 aromatic heterocycles. The van der Waals surface area contributed by atoms with Crippen LogP contribution in [0.2, 0.25) is 0 Å². The molecule has 0 amide bonds. The van der Waals surface area contributed by atoms with Crippen LogP contribution in [0, 0.1) is 11.8 Å². The summed E-state index contributed by atoms with van der Waals surface area (Å²) in [4.78, 5) is 0. The molecular formula is C20H26O. The minimum atomic E-state index is 0.557. The van der Waals surface area contributed by atoms with E-state index in [1.165, 1.54) is 22.3 Å². The lowest BCUT2D eigenvalue weighted by molar-refractivity contribution is 0.0985. The molecule has 1 nitrogen and oxygen atoms in total. The highest BCUT2D eigenvalue weighted by molar-refractivity contribution is 5.82. The van der Waals surface area contributed by atoms with Crippen molar-refractivity contribution in [2.45, 2.75) is 39.5 Å². The second-order valence-electron chi connectivity index (χ2n) is 6.65. The number of fused-ring (bicyclic) bond motifs is 3. The summed E-state index contributed by atoms with van der Waals surface area (Å²) in [6.07, 6.45) is 7.06. The maximum atomic E-state index is 6.02. The van der Waals surface area contributed by atoms with Crippen LogP contribution in [0.25, 0.3) is 5.57 Å². The van der Waals surface area contributed by atoms with E-state index in [2.05, 4.69) is 57.2 Å². The Hall–Kier alpha value is -1.34. The minimum Gasteiger partial charge on any atom is -0.376 e. The Labute approximate surface area is 128 Å². The van der Waals surface area contributed by atoms with E-state index in [1.54, 1.807) is 0 Å². The van der Waals surface area contributed by atoms with Crippen molar-refractivity contribution in [2.24, 2.45) is 11.8 Å². The Morgan fingerprint density at radius 1 is 1.00 bits per heavy atom. The molecule has 21 heavy (non-hydrogen) atoms. The van der Waals surface area contributed by atoms with Crippen molar-refractivity contribution in [3.63, 3.8) is 0 Å². The van der Waals surface area contributed by atoms with Crippen molar-refractivity contribution in [3.8, 4) is 0 Å². The van der Waals surface area contributed by atoms with E-state index in [1.807, 2.05) is 0 Å². The Kier molecular flexibility index (Phi) is 4.30. The fourth-order valence-electron chi connectivity index (χ4n) is 3.57. The van der Waals surface area contributed by atoms with Crippen LogP contribution in [-0.4, -0.2) is 13.2 Å². The second-order valence-corrected chi connectivity index (χ2v) is 6.65. The lowest BCUT2D eigenvalue weighted by Crippen LogP contribution is -2.23. The van der Waals surface area contributed by atoms with Gasteiger partial charge in [-0.1, -0.05) is 57.2 Å². The monoisotopic (exact) mass is 282 g/mol. The van der Waals surface area contributed by atoms with E-state index in [9.17, 15) is 0 Å². The average Bonchev–Trinajstić information content (AvgIpc) is 2.53. The van der Waals surface area contributed by atoms with Gasteiger partial charge in [-0.15, -0.1) is 0 Å². The molecule has 0 bridgehead atoms. The van der Waals surface area contributed by atoms with Crippen molar-refractivity contribution in [1.29, 1.82) is 0 Å². The molecule has 3 atom stereocenters. The molecule has 1 heteroatoms. The van der Waals surface area contributed by atoms with Gasteiger partial charge in [0.05, 0.1) is 6.61 Å². The normalized spacial score (nSPS) is 29.8. The summed E-state index contributed by atoms with van der Waals surface area (Å²) in [6.45, 7) is 8.67. The molecule has 0 radical (unpaired) electrons. The summed E-state index contributed by atoms with van der Waals surface area (Å²) < 4.78 is 6.02. The third-order valence-corrected chi connectivity index (χ3v) is 5.32. The molecule has 1 aromatic carbocycles. The van der Waals surface area contributed by atoms with Crippen LogP contribution < -0.4 is 0 Å². The Bertz CT molecular complexity index is 567. The molecule has 1 aliphatic carbocycles. The van der Waals surface area contributed by atoms with E-state index in [-0.39, 0.29) is 0 Å². The molecule has 0 spiro atoms. The van der Waals surface area contributed by atoms with E-state index in [0.29, 0.717) is 17.8 Å². The molecule has 1 heterocycles. The summed E-state index contributed by atoms with van der Waals surface area (Å²) in [5.41, 5.74) is 5.70. The Balaban J connectivity index is 2.10. The predicted octanol–water partition coefficient (Wildman–Crippen LogP) is 5.20. The number of allylic oxidation sites excluding steroid dienone is 2. The van der Waals surface area contributed by atoms with Gasteiger partial charge in [-0.2, -0.15) is 0 Å². The topological polar surface area (TPSA) is 9.23 Å². The van der Waals surface area contributed by atoms with Crippen LogP contribution in [0.4, 0.5) is 0 Å². The molecule has 2 aliphatic rings. The third kappa shape index (κ3) is 2.85. The van der Waals surface area contributed by atoms with Gasteiger partial charge in [-0.3, -0.25) is 0 Å². The van der Waals surface area contributed by atoms with E-state index in [0.717, 1.165) is 26.1 Å². The average molecular weight is 282 g/mol. The summed E-state index contributed by atoms with van der Waals surface area (Å²) in [6, 6.07) is 8.95. The summed E-state index contributed by atoms with van der Waals surface area (Å²) in [5, 5.41) is 0. The van der Waals surface area contributed by atoms with Gasteiger partial charge in [0.25, 0.3) is 0 Å². The van der Waals surface area contributed by atoms with Gasteiger partial charge in [0.1, 0.15) is 0 Å². The first-order chi connectivity index (χ1) is 10.2. The molecular weight excluding hydrogens is 256 g/mol. The molecule has 0 N–H and O–H groups in total. The van der Waals surface area contributed by atoms with Crippen molar-refractivity contribution >= 4 is 5.57 Å². The van der Waals surface area contributed by atoms with Gasteiger partial charge in [0.15, 0.2) is 0 Å². The zero-order chi connectivity index (χ0) is 14.8. The van der Waals surface area contributed by atoms with Crippen LogP contribution in [0.15, 0.2) is 42.0 Å². The molecule has 0 saturated heterocycles. The minimum absolute atomic E-state index is 0.557. The third-order valence-electron chi connectivity index (χ3n) is 5.32. The highest BCUT2D eigenvalue weighted by Crippen LogP contribution is 2.38. The van der Waals surface area contributed by atoms with Crippen LogP contribution >= 0.6 is 0 Å². The zero-order valence-corrected chi connectivity index (χ0v) is 13.4. The largest absolute Gasteiger partial charge is 0.376 e. The second kappa shape index (κ2) is 6.19. The summed E-state index contributed by atoms with van der Waals surface area (Å²) in [7, 11) is 0. The predicted molar refractivity (Wildman–Crippen MR) is 89.3 cm³/mol. The van der Waals surface area contributed by atoms with Crippen molar-refractivity contribution < 1.29 is 4.74 Å². The van der Waals surface area contributed by atoms with Crippen molar-refractivity contribution in [3.05, 3.63) is 53.1 Å². The van der Waals surface area contributed by atoms with Gasteiger partial charge in [0.2, 0.25) is 0 Å². The first kappa shape index (κ1) is 14.6. The van der Waals surface area contributed by atoms with E-state index >= 15 is 0 Å².